The Labute approximate surface area is 117 Å². The number of nitrogens with two attached hydrogens (primary N) is 1. The zero-order valence-electron chi connectivity index (χ0n) is 10.9. The van der Waals surface area contributed by atoms with E-state index in [1.54, 1.807) is 24.3 Å². The van der Waals surface area contributed by atoms with Crippen LogP contribution in [-0.4, -0.2) is 23.9 Å². The van der Waals surface area contributed by atoms with Crippen molar-refractivity contribution in [2.24, 2.45) is 5.73 Å². The largest absolute Gasteiger partial charge is 0.373 e. The summed E-state index contributed by atoms with van der Waals surface area (Å²) in [6.07, 6.45) is -0.0139. The molecule has 4 N–H and O–H groups in total. The van der Waals surface area contributed by atoms with Gasteiger partial charge in [-0.3, -0.25) is 9.59 Å². The van der Waals surface area contributed by atoms with Gasteiger partial charge in [-0.1, -0.05) is 17.7 Å². The van der Waals surface area contributed by atoms with Crippen LogP contribution in [-0.2, 0) is 9.59 Å². The number of primary amides is 1. The van der Waals surface area contributed by atoms with E-state index in [1.807, 2.05) is 13.8 Å². The Hall–Kier alpha value is -1.75. The molecule has 0 aliphatic rings. The van der Waals surface area contributed by atoms with Crippen molar-refractivity contribution in [2.45, 2.75) is 32.4 Å². The molecule has 0 bridgehead atoms. The molecule has 0 saturated heterocycles. The lowest BCUT2D eigenvalue weighted by Crippen LogP contribution is -2.41. The zero-order chi connectivity index (χ0) is 14.4. The lowest BCUT2D eigenvalue weighted by molar-refractivity contribution is -0.125. The van der Waals surface area contributed by atoms with E-state index in [0.717, 1.165) is 0 Å². The molecule has 2 amide bonds. The minimum atomic E-state index is -0.766. The summed E-state index contributed by atoms with van der Waals surface area (Å²) in [5.41, 5.74) is 5.93. The summed E-state index contributed by atoms with van der Waals surface area (Å²) in [6, 6.07) is 6.14. The van der Waals surface area contributed by atoms with Crippen molar-refractivity contribution in [1.29, 1.82) is 0 Å². The number of hydrogen-bond acceptors (Lipinski definition) is 3. The maximum Gasteiger partial charge on any atom is 0.240 e. The Morgan fingerprint density at radius 2 is 2.05 bits per heavy atom. The first kappa shape index (κ1) is 15.3. The van der Waals surface area contributed by atoms with Crippen LogP contribution in [0.2, 0.25) is 5.02 Å². The van der Waals surface area contributed by atoms with Crippen molar-refractivity contribution in [3.63, 3.8) is 0 Å². The summed E-state index contributed by atoms with van der Waals surface area (Å²) in [7, 11) is 0. The smallest absolute Gasteiger partial charge is 0.240 e. The van der Waals surface area contributed by atoms with Crippen molar-refractivity contribution in [1.82, 2.24) is 5.32 Å². The van der Waals surface area contributed by atoms with Crippen LogP contribution in [0.25, 0.3) is 0 Å². The molecule has 0 aliphatic carbocycles. The molecule has 0 fully saturated rings. The van der Waals surface area contributed by atoms with E-state index < -0.39 is 11.9 Å². The molecule has 5 nitrogen and oxygen atoms in total. The zero-order valence-corrected chi connectivity index (χ0v) is 11.7. The van der Waals surface area contributed by atoms with E-state index in [-0.39, 0.29) is 18.4 Å². The lowest BCUT2D eigenvalue weighted by atomic mass is 10.1. The first-order valence-corrected chi connectivity index (χ1v) is 6.37. The van der Waals surface area contributed by atoms with Gasteiger partial charge in [0.2, 0.25) is 11.8 Å². The quantitative estimate of drug-likeness (QED) is 0.740. The highest BCUT2D eigenvalue weighted by Crippen LogP contribution is 2.16. The van der Waals surface area contributed by atoms with E-state index in [1.165, 1.54) is 0 Å². The van der Waals surface area contributed by atoms with Gasteiger partial charge in [0.25, 0.3) is 0 Å². The number of rotatable bonds is 6. The molecule has 6 heteroatoms. The number of benzene rings is 1. The second kappa shape index (κ2) is 6.99. The summed E-state index contributed by atoms with van der Waals surface area (Å²) in [4.78, 5) is 23.0. The number of anilines is 1. The van der Waals surface area contributed by atoms with E-state index in [0.29, 0.717) is 10.7 Å². The summed E-state index contributed by atoms with van der Waals surface area (Å²) in [5, 5.41) is 6.16. The second-order valence-corrected chi connectivity index (χ2v) is 4.97. The number of amides is 2. The van der Waals surface area contributed by atoms with E-state index in [4.69, 9.17) is 17.3 Å². The normalized spacial score (nSPS) is 12.0. The highest BCUT2D eigenvalue weighted by Gasteiger charge is 2.19. The Morgan fingerprint density at radius 3 is 2.58 bits per heavy atom. The molecule has 1 aromatic rings. The number of nitrogens with one attached hydrogen (secondary N) is 2. The molecule has 1 aromatic carbocycles. The summed E-state index contributed by atoms with van der Waals surface area (Å²) in [5.74, 6) is -0.813. The van der Waals surface area contributed by atoms with Crippen molar-refractivity contribution >= 4 is 29.1 Å². The van der Waals surface area contributed by atoms with Gasteiger partial charge < -0.3 is 16.4 Å². The van der Waals surface area contributed by atoms with E-state index in [2.05, 4.69) is 10.6 Å². The maximum atomic E-state index is 11.6. The Morgan fingerprint density at radius 1 is 1.37 bits per heavy atom. The molecule has 0 spiro atoms. The fraction of sp³-hybridized carbons (Fsp3) is 0.385. The van der Waals surface area contributed by atoms with Crippen molar-refractivity contribution < 1.29 is 9.59 Å². The third kappa shape index (κ3) is 5.61. The molecule has 0 saturated carbocycles. The summed E-state index contributed by atoms with van der Waals surface area (Å²) in [6.45, 7) is 3.70. The van der Waals surface area contributed by atoms with Crippen LogP contribution in [0.5, 0.6) is 0 Å². The molecule has 0 radical (unpaired) electrons. The van der Waals surface area contributed by atoms with E-state index in [9.17, 15) is 9.59 Å². The van der Waals surface area contributed by atoms with Crippen LogP contribution < -0.4 is 16.4 Å². The Bertz CT molecular complexity index is 463. The molecule has 1 atom stereocenters. The highest BCUT2D eigenvalue weighted by molar-refractivity contribution is 6.30. The first-order chi connectivity index (χ1) is 8.88. The molecule has 104 valence electrons. The molecule has 0 aromatic heterocycles. The van der Waals surface area contributed by atoms with E-state index >= 15 is 0 Å². The van der Waals surface area contributed by atoms with Crippen LogP contribution in [0.4, 0.5) is 5.69 Å². The van der Waals surface area contributed by atoms with Gasteiger partial charge in [0.1, 0.15) is 6.04 Å². The standard InChI is InChI=1S/C13H18ClN3O2/c1-8(2)16-12(18)7-11(13(15)19)17-10-5-3-4-9(14)6-10/h3-6,8,11,17H,7H2,1-2H3,(H2,15,19)(H,16,18). The number of hydrogen-bond donors (Lipinski definition) is 3. The molecule has 0 heterocycles. The fourth-order valence-corrected chi connectivity index (χ4v) is 1.76. The molecule has 1 unspecified atom stereocenters. The van der Waals surface area contributed by atoms with Crippen molar-refractivity contribution in [2.75, 3.05) is 5.32 Å². The van der Waals surface area contributed by atoms with Gasteiger partial charge in [0.15, 0.2) is 0 Å². The maximum absolute atomic E-state index is 11.6. The van der Waals surface area contributed by atoms with Crippen LogP contribution in [0.3, 0.4) is 0 Å². The average molecular weight is 284 g/mol. The molecule has 1 rings (SSSR count). The highest BCUT2D eigenvalue weighted by atomic mass is 35.5. The van der Waals surface area contributed by atoms with Gasteiger partial charge in [0, 0.05) is 16.8 Å². The van der Waals surface area contributed by atoms with Gasteiger partial charge >= 0.3 is 0 Å². The van der Waals surface area contributed by atoms with Crippen molar-refractivity contribution in [3.05, 3.63) is 29.3 Å². The third-order valence-corrected chi connectivity index (χ3v) is 2.58. The van der Waals surface area contributed by atoms with Crippen molar-refractivity contribution in [3.8, 4) is 0 Å². The number of halogens is 1. The second-order valence-electron chi connectivity index (χ2n) is 4.54. The molecule has 0 aliphatic heterocycles. The minimum Gasteiger partial charge on any atom is -0.373 e. The van der Waals surface area contributed by atoms with Crippen LogP contribution >= 0.6 is 11.6 Å². The molecular weight excluding hydrogens is 266 g/mol. The topological polar surface area (TPSA) is 84.2 Å². The first-order valence-electron chi connectivity index (χ1n) is 5.99. The summed E-state index contributed by atoms with van der Waals surface area (Å²) < 4.78 is 0. The Kier molecular flexibility index (Phi) is 5.63. The number of carbonyl (C=O) groups is 2. The Balaban J connectivity index is 2.68. The predicted molar refractivity (Wildman–Crippen MR) is 76.0 cm³/mol. The molecule has 19 heavy (non-hydrogen) atoms. The van der Waals surface area contributed by atoms with Crippen LogP contribution in [0.15, 0.2) is 24.3 Å². The molecular formula is C13H18ClN3O2. The summed E-state index contributed by atoms with van der Waals surface area (Å²) >= 11 is 5.85. The van der Waals surface area contributed by atoms with Crippen LogP contribution in [0.1, 0.15) is 20.3 Å². The van der Waals surface area contributed by atoms with Crippen LogP contribution in [0, 0.1) is 0 Å². The lowest BCUT2D eigenvalue weighted by Gasteiger charge is -2.17. The SMILES string of the molecule is CC(C)NC(=O)CC(Nc1cccc(Cl)c1)C(N)=O. The fourth-order valence-electron chi connectivity index (χ4n) is 1.57. The number of carbonyl (C=O) groups excluding carboxylic acids is 2. The van der Waals surface area contributed by atoms with Gasteiger partial charge in [-0.05, 0) is 32.0 Å². The average Bonchev–Trinajstić information content (AvgIpc) is 2.26. The van der Waals surface area contributed by atoms with Gasteiger partial charge in [-0.25, -0.2) is 0 Å². The monoisotopic (exact) mass is 283 g/mol. The predicted octanol–water partition coefficient (Wildman–Crippen LogP) is 1.52. The third-order valence-electron chi connectivity index (χ3n) is 2.35. The van der Waals surface area contributed by atoms with Gasteiger partial charge in [-0.15, -0.1) is 0 Å². The van der Waals surface area contributed by atoms with Gasteiger partial charge in [-0.2, -0.15) is 0 Å². The van der Waals surface area contributed by atoms with Gasteiger partial charge in [0.05, 0.1) is 6.42 Å². The minimum absolute atomic E-state index is 0.0139.